The minimum atomic E-state index is -1.56. The van der Waals surface area contributed by atoms with E-state index in [1.54, 1.807) is 13.8 Å². The number of nitrogens with two attached hydrogens (primary N) is 1. The summed E-state index contributed by atoms with van der Waals surface area (Å²) in [5.74, 6) is -1.82. The maximum absolute atomic E-state index is 11.8. The van der Waals surface area contributed by atoms with Crippen molar-refractivity contribution in [3.63, 3.8) is 0 Å². The number of hydrogen-bond donors (Lipinski definition) is 4. The Morgan fingerprint density at radius 2 is 1.89 bits per heavy atom. The Bertz CT molecular complexity index is 354. The van der Waals surface area contributed by atoms with Crippen molar-refractivity contribution in [2.45, 2.75) is 38.8 Å². The van der Waals surface area contributed by atoms with Crippen molar-refractivity contribution in [2.75, 3.05) is 13.1 Å². The molecule has 0 fully saturated rings. The second-order valence-electron chi connectivity index (χ2n) is 4.91. The van der Waals surface area contributed by atoms with Gasteiger partial charge in [-0.2, -0.15) is 0 Å². The fourth-order valence-electron chi connectivity index (χ4n) is 1.41. The summed E-state index contributed by atoms with van der Waals surface area (Å²) >= 11 is 0. The maximum atomic E-state index is 11.8. The van der Waals surface area contributed by atoms with Crippen molar-refractivity contribution < 1.29 is 24.6 Å². The van der Waals surface area contributed by atoms with Gasteiger partial charge in [-0.15, -0.1) is 0 Å². The topological polar surface area (TPSA) is 133 Å². The van der Waals surface area contributed by atoms with E-state index in [0.29, 0.717) is 0 Å². The molecule has 0 aliphatic heterocycles. The molecule has 0 aromatic rings. The average Bonchev–Trinajstić information content (AvgIpc) is 2.20. The zero-order valence-electron chi connectivity index (χ0n) is 11.3. The minimum Gasteiger partial charge on any atom is -0.481 e. The van der Waals surface area contributed by atoms with Gasteiger partial charge in [0.1, 0.15) is 6.54 Å². The minimum absolute atomic E-state index is 0.236. The van der Waals surface area contributed by atoms with Gasteiger partial charge in [0.2, 0.25) is 5.91 Å². The van der Waals surface area contributed by atoms with Crippen molar-refractivity contribution >= 4 is 17.9 Å². The first-order valence-corrected chi connectivity index (χ1v) is 5.82. The van der Waals surface area contributed by atoms with Crippen LogP contribution in [-0.4, -0.2) is 57.8 Å². The van der Waals surface area contributed by atoms with Gasteiger partial charge in [-0.1, -0.05) is 0 Å². The number of carboxylic acids is 1. The first-order valence-electron chi connectivity index (χ1n) is 5.82. The Kier molecular flexibility index (Phi) is 6.26. The molecule has 3 amide bonds. The van der Waals surface area contributed by atoms with Crippen molar-refractivity contribution in [1.82, 2.24) is 10.2 Å². The summed E-state index contributed by atoms with van der Waals surface area (Å²) < 4.78 is 0. The zero-order valence-corrected chi connectivity index (χ0v) is 11.3. The lowest BCUT2D eigenvalue weighted by Crippen LogP contribution is -2.51. The van der Waals surface area contributed by atoms with E-state index in [0.717, 1.165) is 0 Å². The van der Waals surface area contributed by atoms with Crippen LogP contribution in [0.2, 0.25) is 0 Å². The van der Waals surface area contributed by atoms with Gasteiger partial charge in [-0.25, -0.2) is 4.79 Å². The quantitative estimate of drug-likeness (QED) is 0.478. The van der Waals surface area contributed by atoms with Crippen LogP contribution in [0.15, 0.2) is 0 Å². The number of primary amides is 1. The van der Waals surface area contributed by atoms with E-state index in [9.17, 15) is 19.5 Å². The van der Waals surface area contributed by atoms with Gasteiger partial charge in [-0.3, -0.25) is 9.59 Å². The average molecular weight is 275 g/mol. The van der Waals surface area contributed by atoms with E-state index < -0.39 is 29.9 Å². The fourth-order valence-corrected chi connectivity index (χ4v) is 1.41. The van der Waals surface area contributed by atoms with Crippen LogP contribution < -0.4 is 11.1 Å². The van der Waals surface area contributed by atoms with Crippen molar-refractivity contribution in [2.24, 2.45) is 5.73 Å². The Balaban J connectivity index is 4.49. The predicted octanol–water partition coefficient (Wildman–Crippen LogP) is -0.883. The molecule has 5 N–H and O–H groups in total. The number of aliphatic carboxylic acids is 1. The number of urea groups is 1. The first-order chi connectivity index (χ1) is 8.55. The number of amides is 3. The summed E-state index contributed by atoms with van der Waals surface area (Å²) in [6.07, 6.45) is -0.495. The molecule has 1 atom stereocenters. The van der Waals surface area contributed by atoms with Gasteiger partial charge in [0.15, 0.2) is 0 Å². The highest BCUT2D eigenvalue weighted by atomic mass is 16.4. The molecule has 0 rings (SSSR count). The first kappa shape index (κ1) is 17.2. The maximum Gasteiger partial charge on any atom is 0.318 e. The highest BCUT2D eigenvalue weighted by molar-refractivity contribution is 5.83. The van der Waals surface area contributed by atoms with Crippen molar-refractivity contribution in [3.8, 4) is 0 Å². The highest BCUT2D eigenvalue weighted by Crippen LogP contribution is 2.08. The number of hydrogen-bond acceptors (Lipinski definition) is 4. The van der Waals surface area contributed by atoms with Crippen LogP contribution in [0.5, 0.6) is 0 Å². The Morgan fingerprint density at radius 3 is 2.26 bits per heavy atom. The summed E-state index contributed by atoms with van der Waals surface area (Å²) in [6, 6.07) is -0.837. The standard InChI is InChI=1S/C11H21N3O5/c1-7(2)14(5-8(12)15)10(18)13-6-11(3,19)4-9(16)17/h7,19H,4-6H2,1-3H3,(H2,12,15)(H,13,18)(H,16,17). The molecule has 0 aromatic heterocycles. The van der Waals surface area contributed by atoms with E-state index in [4.69, 9.17) is 10.8 Å². The fraction of sp³-hybridized carbons (Fsp3) is 0.727. The molecule has 19 heavy (non-hydrogen) atoms. The van der Waals surface area contributed by atoms with Crippen LogP contribution in [0.4, 0.5) is 4.79 Å². The summed E-state index contributed by atoms with van der Waals surface area (Å²) in [7, 11) is 0. The third kappa shape index (κ3) is 7.24. The van der Waals surface area contributed by atoms with Gasteiger partial charge in [0.05, 0.1) is 12.0 Å². The molecule has 0 radical (unpaired) electrons. The van der Waals surface area contributed by atoms with Crippen LogP contribution >= 0.6 is 0 Å². The second kappa shape index (κ2) is 6.93. The number of rotatable bonds is 7. The van der Waals surface area contributed by atoms with E-state index in [-0.39, 0.29) is 19.1 Å². The summed E-state index contributed by atoms with van der Waals surface area (Å²) in [5.41, 5.74) is 3.47. The predicted molar refractivity (Wildman–Crippen MR) is 67.3 cm³/mol. The molecule has 0 aliphatic carbocycles. The molecule has 0 aromatic carbocycles. The lowest BCUT2D eigenvalue weighted by molar-refractivity contribution is -0.141. The number of nitrogens with one attached hydrogen (secondary N) is 1. The van der Waals surface area contributed by atoms with Crippen LogP contribution in [0.1, 0.15) is 27.2 Å². The molecule has 0 saturated heterocycles. The smallest absolute Gasteiger partial charge is 0.318 e. The monoisotopic (exact) mass is 275 g/mol. The van der Waals surface area contributed by atoms with E-state index in [1.165, 1.54) is 11.8 Å². The third-order valence-corrected chi connectivity index (χ3v) is 2.36. The lowest BCUT2D eigenvalue weighted by atomic mass is 10.0. The van der Waals surface area contributed by atoms with E-state index in [1.807, 2.05) is 0 Å². The molecule has 1 unspecified atom stereocenters. The molecule has 0 heterocycles. The van der Waals surface area contributed by atoms with Crippen LogP contribution in [-0.2, 0) is 9.59 Å². The summed E-state index contributed by atoms with van der Waals surface area (Å²) in [6.45, 7) is 4.23. The molecule has 110 valence electrons. The van der Waals surface area contributed by atoms with Gasteiger partial charge in [-0.05, 0) is 20.8 Å². The third-order valence-electron chi connectivity index (χ3n) is 2.36. The van der Waals surface area contributed by atoms with E-state index >= 15 is 0 Å². The number of nitrogens with zero attached hydrogens (tertiary/aromatic N) is 1. The SMILES string of the molecule is CC(C)N(CC(N)=O)C(=O)NCC(C)(O)CC(=O)O. The van der Waals surface area contributed by atoms with Crippen molar-refractivity contribution in [3.05, 3.63) is 0 Å². The van der Waals surface area contributed by atoms with Gasteiger partial charge >= 0.3 is 12.0 Å². The Hall–Kier alpha value is -1.83. The molecule has 0 spiro atoms. The van der Waals surface area contributed by atoms with Gasteiger partial charge in [0.25, 0.3) is 0 Å². The zero-order chi connectivity index (χ0) is 15.2. The molecule has 0 saturated carbocycles. The van der Waals surface area contributed by atoms with Crippen molar-refractivity contribution in [1.29, 1.82) is 0 Å². The number of carboxylic acid groups (broad SMARTS) is 1. The Morgan fingerprint density at radius 1 is 1.37 bits per heavy atom. The lowest BCUT2D eigenvalue weighted by Gasteiger charge is -2.28. The molecule has 0 bridgehead atoms. The number of aliphatic hydroxyl groups is 1. The van der Waals surface area contributed by atoms with Gasteiger partial charge < -0.3 is 26.2 Å². The highest BCUT2D eigenvalue weighted by Gasteiger charge is 2.26. The van der Waals surface area contributed by atoms with E-state index in [2.05, 4.69) is 5.32 Å². The summed E-state index contributed by atoms with van der Waals surface area (Å²) in [4.78, 5) is 34.3. The van der Waals surface area contributed by atoms with Gasteiger partial charge in [0, 0.05) is 12.6 Å². The normalized spacial score (nSPS) is 13.7. The molecule has 8 heteroatoms. The molecular weight excluding hydrogens is 254 g/mol. The largest absolute Gasteiger partial charge is 0.481 e. The van der Waals surface area contributed by atoms with Crippen LogP contribution in [0.25, 0.3) is 0 Å². The second-order valence-corrected chi connectivity index (χ2v) is 4.91. The van der Waals surface area contributed by atoms with Crippen LogP contribution in [0.3, 0.4) is 0 Å². The molecule has 8 nitrogen and oxygen atoms in total. The summed E-state index contributed by atoms with van der Waals surface area (Å²) in [5, 5.41) is 20.7. The van der Waals surface area contributed by atoms with Crippen LogP contribution in [0, 0.1) is 0 Å². The Labute approximate surface area is 111 Å². The number of carbonyl (C=O) groups is 3. The molecular formula is C11H21N3O5. The molecule has 0 aliphatic rings. The number of carbonyl (C=O) groups excluding carboxylic acids is 2.